The van der Waals surface area contributed by atoms with Crippen LogP contribution in [0.15, 0.2) is 35.7 Å². The molecule has 0 spiro atoms. The molecule has 4 rings (SSSR count). The molecule has 0 unspecified atom stereocenters. The van der Waals surface area contributed by atoms with Gasteiger partial charge in [-0.2, -0.15) is 0 Å². The summed E-state index contributed by atoms with van der Waals surface area (Å²) in [6.45, 7) is 9.12. The fourth-order valence-electron chi connectivity index (χ4n) is 3.87. The third kappa shape index (κ3) is 3.17. The lowest BCUT2D eigenvalue weighted by molar-refractivity contribution is 0.247. The zero-order valence-corrected chi connectivity index (χ0v) is 16.2. The van der Waals surface area contributed by atoms with Gasteiger partial charge >= 0.3 is 0 Å². The van der Waals surface area contributed by atoms with Gasteiger partial charge in [0.25, 0.3) is 0 Å². The molecule has 26 heavy (non-hydrogen) atoms. The van der Waals surface area contributed by atoms with Gasteiger partial charge in [0.1, 0.15) is 0 Å². The first kappa shape index (κ1) is 17.3. The second kappa shape index (κ2) is 7.25. The summed E-state index contributed by atoms with van der Waals surface area (Å²) in [6.07, 6.45) is 0.807. The van der Waals surface area contributed by atoms with E-state index >= 15 is 0 Å². The topological polar surface area (TPSA) is 39.6 Å². The van der Waals surface area contributed by atoms with Gasteiger partial charge in [-0.05, 0) is 36.4 Å². The Morgan fingerprint density at radius 2 is 1.88 bits per heavy atom. The predicted molar refractivity (Wildman–Crippen MR) is 109 cm³/mol. The first-order valence-corrected chi connectivity index (χ1v) is 10.2. The quantitative estimate of drug-likeness (QED) is 0.750. The molecule has 136 valence electrons. The van der Waals surface area contributed by atoms with Gasteiger partial charge in [-0.15, -0.1) is 11.3 Å². The van der Waals surface area contributed by atoms with E-state index in [1.807, 2.05) is 0 Å². The van der Waals surface area contributed by atoms with Gasteiger partial charge in [-0.1, -0.05) is 25.1 Å². The smallest absolute Gasteiger partial charge is 0.215 e. The lowest BCUT2D eigenvalue weighted by atomic mass is 10.1. The molecule has 4 nitrogen and oxygen atoms in total. The molecular formula is C21H25N3OS. The molecule has 1 N–H and O–H groups in total. The summed E-state index contributed by atoms with van der Waals surface area (Å²) >= 11 is 1.73. The van der Waals surface area contributed by atoms with Crippen LogP contribution < -0.4 is 4.90 Å². The first-order valence-electron chi connectivity index (χ1n) is 9.28. The number of benzene rings is 1. The number of thiophene rings is 1. The maximum atomic E-state index is 10.3. The van der Waals surface area contributed by atoms with E-state index in [-0.39, 0.29) is 5.88 Å². The number of aryl methyl sites for hydroxylation is 2. The lowest BCUT2D eigenvalue weighted by Gasteiger charge is -2.36. The van der Waals surface area contributed by atoms with E-state index in [0.29, 0.717) is 0 Å². The standard InChI is InChI=1S/C21H25N3OS/c1-3-16-17-8-13-26-20(17)18(22-21(16)25)14-23-9-11-24(12-10-23)19-7-5-4-6-15(19)2/h4-8,13H,3,9-12,14H2,1-2H3,(H,22,25). The monoisotopic (exact) mass is 367 g/mol. The summed E-state index contributed by atoms with van der Waals surface area (Å²) in [5.74, 6) is 0.201. The normalized spacial score (nSPS) is 15.7. The average Bonchev–Trinajstić information content (AvgIpc) is 3.13. The Balaban J connectivity index is 1.49. The highest BCUT2D eigenvalue weighted by atomic mass is 32.1. The molecule has 1 fully saturated rings. The molecule has 1 aromatic carbocycles. The molecule has 5 heteroatoms. The number of pyridine rings is 1. The number of anilines is 1. The van der Waals surface area contributed by atoms with Crippen LogP contribution in [0.2, 0.25) is 0 Å². The zero-order chi connectivity index (χ0) is 18.1. The summed E-state index contributed by atoms with van der Waals surface area (Å²) in [5, 5.41) is 13.6. The van der Waals surface area contributed by atoms with Crippen molar-refractivity contribution >= 4 is 27.1 Å². The van der Waals surface area contributed by atoms with Crippen molar-refractivity contribution in [3.8, 4) is 5.88 Å². The van der Waals surface area contributed by atoms with E-state index < -0.39 is 0 Å². The van der Waals surface area contributed by atoms with E-state index in [0.717, 1.165) is 50.4 Å². The molecule has 0 saturated carbocycles. The maximum Gasteiger partial charge on any atom is 0.215 e. The predicted octanol–water partition coefficient (Wildman–Crippen LogP) is 4.19. The summed E-state index contributed by atoms with van der Waals surface area (Å²) in [4.78, 5) is 9.46. The van der Waals surface area contributed by atoms with Gasteiger partial charge < -0.3 is 10.0 Å². The third-order valence-corrected chi connectivity index (χ3v) is 6.28. The molecule has 1 aliphatic heterocycles. The van der Waals surface area contributed by atoms with Crippen molar-refractivity contribution in [2.24, 2.45) is 0 Å². The number of piperazine rings is 1. The van der Waals surface area contributed by atoms with Crippen LogP contribution in [0.3, 0.4) is 0 Å². The highest BCUT2D eigenvalue weighted by Crippen LogP contribution is 2.33. The number of rotatable bonds is 4. The number of hydrogen-bond donors (Lipinski definition) is 1. The van der Waals surface area contributed by atoms with Crippen LogP contribution in [0.1, 0.15) is 23.7 Å². The first-order chi connectivity index (χ1) is 12.7. The number of hydrogen-bond acceptors (Lipinski definition) is 5. The van der Waals surface area contributed by atoms with Gasteiger partial charge in [0.15, 0.2) is 0 Å². The minimum Gasteiger partial charge on any atom is -0.493 e. The van der Waals surface area contributed by atoms with E-state index in [9.17, 15) is 5.11 Å². The van der Waals surface area contributed by atoms with Crippen molar-refractivity contribution in [2.45, 2.75) is 26.8 Å². The minimum atomic E-state index is 0.201. The van der Waals surface area contributed by atoms with Crippen LogP contribution in [0.5, 0.6) is 5.88 Å². The molecular weight excluding hydrogens is 342 g/mol. The highest BCUT2D eigenvalue weighted by molar-refractivity contribution is 7.17. The van der Waals surface area contributed by atoms with Gasteiger partial charge in [-0.25, -0.2) is 4.98 Å². The van der Waals surface area contributed by atoms with Gasteiger partial charge in [0, 0.05) is 49.4 Å². The van der Waals surface area contributed by atoms with Gasteiger partial charge in [0.2, 0.25) is 5.88 Å². The fraction of sp³-hybridized carbons (Fsp3) is 0.381. The Morgan fingerprint density at radius 3 is 2.62 bits per heavy atom. The van der Waals surface area contributed by atoms with Crippen molar-refractivity contribution in [1.29, 1.82) is 0 Å². The summed E-state index contributed by atoms with van der Waals surface area (Å²) < 4.78 is 1.22. The Bertz CT molecular complexity index is 913. The maximum absolute atomic E-state index is 10.3. The Hall–Kier alpha value is -2.11. The van der Waals surface area contributed by atoms with E-state index in [1.165, 1.54) is 21.3 Å². The molecule has 0 aliphatic carbocycles. The zero-order valence-electron chi connectivity index (χ0n) is 15.4. The number of fused-ring (bicyclic) bond motifs is 1. The number of para-hydroxylation sites is 1. The van der Waals surface area contributed by atoms with Crippen molar-refractivity contribution in [2.75, 3.05) is 31.1 Å². The van der Waals surface area contributed by atoms with Crippen LogP contribution >= 0.6 is 11.3 Å². The number of aromatic hydroxyl groups is 1. The van der Waals surface area contributed by atoms with E-state index in [2.05, 4.69) is 64.3 Å². The summed E-state index contributed by atoms with van der Waals surface area (Å²) in [6, 6.07) is 10.7. The largest absolute Gasteiger partial charge is 0.493 e. The third-order valence-electron chi connectivity index (χ3n) is 5.32. The second-order valence-electron chi connectivity index (χ2n) is 6.93. The van der Waals surface area contributed by atoms with Crippen LogP contribution in [0, 0.1) is 6.92 Å². The molecule has 3 aromatic rings. The summed E-state index contributed by atoms with van der Waals surface area (Å²) in [5.41, 5.74) is 4.65. The summed E-state index contributed by atoms with van der Waals surface area (Å²) in [7, 11) is 0. The van der Waals surface area contributed by atoms with E-state index in [4.69, 9.17) is 0 Å². The SMILES string of the molecule is CCc1c(O)nc(CN2CCN(c3ccccc3C)CC2)c2sccc12. The van der Waals surface area contributed by atoms with Crippen LogP contribution in [0.25, 0.3) is 10.1 Å². The van der Waals surface area contributed by atoms with Crippen LogP contribution in [-0.4, -0.2) is 41.2 Å². The average molecular weight is 368 g/mol. The molecule has 0 radical (unpaired) electrons. The van der Waals surface area contributed by atoms with Crippen LogP contribution in [-0.2, 0) is 13.0 Å². The van der Waals surface area contributed by atoms with Gasteiger partial charge in [0.05, 0.1) is 10.4 Å². The Labute approximate surface area is 158 Å². The lowest BCUT2D eigenvalue weighted by Crippen LogP contribution is -2.46. The minimum absolute atomic E-state index is 0.201. The molecule has 0 amide bonds. The van der Waals surface area contributed by atoms with Crippen molar-refractivity contribution in [3.63, 3.8) is 0 Å². The molecule has 1 saturated heterocycles. The fourth-order valence-corrected chi connectivity index (χ4v) is 4.77. The molecule has 3 heterocycles. The van der Waals surface area contributed by atoms with Crippen molar-refractivity contribution < 1.29 is 5.11 Å². The molecule has 1 aliphatic rings. The van der Waals surface area contributed by atoms with Crippen LogP contribution in [0.4, 0.5) is 5.69 Å². The van der Waals surface area contributed by atoms with Crippen molar-refractivity contribution in [3.05, 3.63) is 52.5 Å². The van der Waals surface area contributed by atoms with Gasteiger partial charge in [-0.3, -0.25) is 4.90 Å². The molecule has 2 aromatic heterocycles. The molecule has 0 atom stereocenters. The Kier molecular flexibility index (Phi) is 4.83. The second-order valence-corrected chi connectivity index (χ2v) is 7.84. The van der Waals surface area contributed by atoms with E-state index in [1.54, 1.807) is 11.3 Å². The molecule has 0 bridgehead atoms. The Morgan fingerprint density at radius 1 is 1.12 bits per heavy atom. The van der Waals surface area contributed by atoms with Crippen molar-refractivity contribution in [1.82, 2.24) is 9.88 Å². The number of aromatic nitrogens is 1. The highest BCUT2D eigenvalue weighted by Gasteiger charge is 2.21. The number of nitrogens with zero attached hydrogens (tertiary/aromatic N) is 3.